The van der Waals surface area contributed by atoms with E-state index in [1.54, 1.807) is 23.5 Å². The quantitative estimate of drug-likeness (QED) is 0.365. The highest BCUT2D eigenvalue weighted by Gasteiger charge is 2.17. The highest BCUT2D eigenvalue weighted by atomic mass is 32.2. The number of hydrogen-bond donors (Lipinski definition) is 2. The van der Waals surface area contributed by atoms with E-state index in [4.69, 9.17) is 15.1 Å². The first-order valence-electron chi connectivity index (χ1n) is 10.8. The molecule has 0 bridgehead atoms. The van der Waals surface area contributed by atoms with Gasteiger partial charge in [-0.05, 0) is 37.4 Å². The summed E-state index contributed by atoms with van der Waals surface area (Å²) >= 11 is 1.60. The molecule has 0 aliphatic heterocycles. The Hall–Kier alpha value is -3.05. The van der Waals surface area contributed by atoms with Crippen LogP contribution in [-0.4, -0.2) is 57.5 Å². The van der Waals surface area contributed by atoms with Crippen LogP contribution in [0, 0.1) is 0 Å². The Morgan fingerprint density at radius 2 is 1.68 bits per heavy atom. The number of anilines is 2. The first-order valence-corrected chi connectivity index (χ1v) is 13.2. The van der Waals surface area contributed by atoms with Crippen LogP contribution in [0.4, 0.5) is 11.8 Å². The van der Waals surface area contributed by atoms with Gasteiger partial charge in [0.15, 0.2) is 0 Å². The van der Waals surface area contributed by atoms with Gasteiger partial charge in [0, 0.05) is 37.6 Å². The van der Waals surface area contributed by atoms with Crippen molar-refractivity contribution in [2.45, 2.75) is 11.4 Å². The van der Waals surface area contributed by atoms with Crippen molar-refractivity contribution in [1.82, 2.24) is 14.9 Å². The molecule has 2 aromatic heterocycles. The van der Waals surface area contributed by atoms with Crippen molar-refractivity contribution in [1.29, 1.82) is 0 Å². The average Bonchev–Trinajstić information content (AvgIpc) is 3.25. The van der Waals surface area contributed by atoms with Crippen molar-refractivity contribution in [2.75, 3.05) is 44.4 Å². The van der Waals surface area contributed by atoms with Gasteiger partial charge in [-0.1, -0.05) is 42.5 Å². The number of nitrogens with two attached hydrogens (primary N) is 1. The molecular formula is C24H28N6O2S2. The van der Waals surface area contributed by atoms with E-state index in [1.807, 2.05) is 44.2 Å². The van der Waals surface area contributed by atoms with E-state index in [0.29, 0.717) is 12.5 Å². The van der Waals surface area contributed by atoms with Gasteiger partial charge in [-0.25, -0.2) is 18.5 Å². The molecule has 0 atom stereocenters. The predicted molar refractivity (Wildman–Crippen MR) is 140 cm³/mol. The van der Waals surface area contributed by atoms with E-state index in [0.717, 1.165) is 45.8 Å². The van der Waals surface area contributed by atoms with Crippen LogP contribution >= 0.6 is 11.3 Å². The number of primary sulfonamides is 1. The largest absolute Gasteiger partial charge is 0.365 e. The highest BCUT2D eigenvalue weighted by Crippen LogP contribution is 2.38. The van der Waals surface area contributed by atoms with E-state index < -0.39 is 10.0 Å². The third-order valence-corrected chi connectivity index (χ3v) is 7.24. The number of fused-ring (bicyclic) bond motifs is 1. The maximum atomic E-state index is 11.5. The zero-order chi connectivity index (χ0) is 24.3. The summed E-state index contributed by atoms with van der Waals surface area (Å²) in [7, 11) is 2.35. The molecule has 2 aromatic carbocycles. The zero-order valence-corrected chi connectivity index (χ0v) is 21.0. The fourth-order valence-electron chi connectivity index (χ4n) is 3.49. The van der Waals surface area contributed by atoms with Crippen LogP contribution in [0.2, 0.25) is 0 Å². The molecule has 34 heavy (non-hydrogen) atoms. The molecule has 0 radical (unpaired) electrons. The van der Waals surface area contributed by atoms with Crippen molar-refractivity contribution >= 4 is 43.3 Å². The molecule has 0 fully saturated rings. The van der Waals surface area contributed by atoms with Gasteiger partial charge < -0.3 is 15.1 Å². The molecule has 4 aromatic rings. The second kappa shape index (κ2) is 10.1. The van der Waals surface area contributed by atoms with Gasteiger partial charge in [0.05, 0.1) is 10.3 Å². The fourth-order valence-corrected chi connectivity index (χ4v) is 4.95. The predicted octanol–water partition coefficient (Wildman–Crippen LogP) is 3.62. The summed E-state index contributed by atoms with van der Waals surface area (Å²) in [6.07, 6.45) is 0. The lowest BCUT2D eigenvalue weighted by molar-refractivity contribution is 0.416. The van der Waals surface area contributed by atoms with Gasteiger partial charge >= 0.3 is 0 Å². The number of rotatable bonds is 9. The minimum absolute atomic E-state index is 0.0923. The van der Waals surface area contributed by atoms with Crippen molar-refractivity contribution < 1.29 is 8.42 Å². The van der Waals surface area contributed by atoms with Gasteiger partial charge in [-0.15, -0.1) is 11.3 Å². The monoisotopic (exact) mass is 496 g/mol. The molecule has 8 nitrogen and oxygen atoms in total. The standard InChI is InChI=1S/C24H28N6O2S2/c1-29(2)13-14-30(3)24-27-22(26-15-17-9-11-19(12-10-17)34(25,31)32)21-20(16-33-23(21)28-24)18-7-5-4-6-8-18/h4-12,16H,13-15H2,1-3H3,(H2,25,31,32)(H,26,27,28). The van der Waals surface area contributed by atoms with Crippen LogP contribution < -0.4 is 15.4 Å². The van der Waals surface area contributed by atoms with Crippen molar-refractivity contribution in [3.05, 3.63) is 65.5 Å². The molecule has 0 amide bonds. The number of hydrogen-bond acceptors (Lipinski definition) is 8. The number of sulfonamides is 1. The number of thiophene rings is 1. The molecular weight excluding hydrogens is 468 g/mol. The van der Waals surface area contributed by atoms with Gasteiger partial charge in [-0.2, -0.15) is 4.98 Å². The minimum Gasteiger partial charge on any atom is -0.365 e. The van der Waals surface area contributed by atoms with Crippen LogP contribution in [0.3, 0.4) is 0 Å². The third-order valence-electron chi connectivity index (χ3n) is 5.44. The number of aromatic nitrogens is 2. The lowest BCUT2D eigenvalue weighted by Gasteiger charge is -2.20. The van der Waals surface area contributed by atoms with E-state index in [-0.39, 0.29) is 4.90 Å². The number of nitrogens with zero attached hydrogens (tertiary/aromatic N) is 4. The van der Waals surface area contributed by atoms with Crippen molar-refractivity contribution in [2.24, 2.45) is 5.14 Å². The van der Waals surface area contributed by atoms with E-state index in [1.165, 1.54) is 12.1 Å². The first-order chi connectivity index (χ1) is 16.2. The lowest BCUT2D eigenvalue weighted by atomic mass is 10.1. The second-order valence-electron chi connectivity index (χ2n) is 8.34. The Morgan fingerprint density at radius 1 is 0.971 bits per heavy atom. The molecule has 0 saturated carbocycles. The second-order valence-corrected chi connectivity index (χ2v) is 10.8. The van der Waals surface area contributed by atoms with Crippen molar-refractivity contribution in [3.8, 4) is 11.1 Å². The molecule has 0 aliphatic carbocycles. The van der Waals surface area contributed by atoms with Gasteiger partial charge in [0.1, 0.15) is 10.6 Å². The minimum atomic E-state index is -3.72. The third kappa shape index (κ3) is 5.53. The van der Waals surface area contributed by atoms with Gasteiger partial charge in [0.2, 0.25) is 16.0 Å². The summed E-state index contributed by atoms with van der Waals surface area (Å²) in [6.45, 7) is 2.16. The Labute approximate surface area is 204 Å². The molecule has 10 heteroatoms. The molecule has 0 unspecified atom stereocenters. The summed E-state index contributed by atoms with van der Waals surface area (Å²) in [5.41, 5.74) is 3.10. The molecule has 0 spiro atoms. The molecule has 0 saturated heterocycles. The van der Waals surface area contributed by atoms with Gasteiger partial charge in [-0.3, -0.25) is 0 Å². The maximum absolute atomic E-state index is 11.5. The lowest BCUT2D eigenvalue weighted by Crippen LogP contribution is -2.29. The first kappa shape index (κ1) is 24.1. The molecule has 178 valence electrons. The summed E-state index contributed by atoms with van der Waals surface area (Å²) in [5, 5.41) is 11.8. The molecule has 3 N–H and O–H groups in total. The normalized spacial score (nSPS) is 11.8. The maximum Gasteiger partial charge on any atom is 0.238 e. The summed E-state index contributed by atoms with van der Waals surface area (Å²) in [6, 6.07) is 16.7. The summed E-state index contributed by atoms with van der Waals surface area (Å²) in [4.78, 5) is 14.9. The Morgan fingerprint density at radius 3 is 2.32 bits per heavy atom. The summed E-state index contributed by atoms with van der Waals surface area (Å²) < 4.78 is 23.1. The summed E-state index contributed by atoms with van der Waals surface area (Å²) in [5.74, 6) is 1.40. The van der Waals surface area contributed by atoms with Crippen LogP contribution in [-0.2, 0) is 16.6 Å². The van der Waals surface area contributed by atoms with Crippen LogP contribution in [0.15, 0.2) is 64.9 Å². The topological polar surface area (TPSA) is 104 Å². The number of nitrogens with one attached hydrogen (secondary N) is 1. The SMILES string of the molecule is CN(C)CCN(C)c1nc(NCc2ccc(S(N)(=O)=O)cc2)c2c(-c3ccccc3)csc2n1. The number of benzene rings is 2. The molecule has 2 heterocycles. The average molecular weight is 497 g/mol. The zero-order valence-electron chi connectivity index (χ0n) is 19.4. The van der Waals surface area contributed by atoms with Gasteiger partial charge in [0.25, 0.3) is 0 Å². The highest BCUT2D eigenvalue weighted by molar-refractivity contribution is 7.89. The smallest absolute Gasteiger partial charge is 0.238 e. The fraction of sp³-hybridized carbons (Fsp3) is 0.250. The Kier molecular flexibility index (Phi) is 7.13. The molecule has 0 aliphatic rings. The van der Waals surface area contributed by atoms with Crippen LogP contribution in [0.1, 0.15) is 5.56 Å². The van der Waals surface area contributed by atoms with E-state index >= 15 is 0 Å². The number of likely N-dealkylation sites (N-methyl/N-ethyl adjacent to an activating group) is 2. The Balaban J connectivity index is 1.70. The van der Waals surface area contributed by atoms with E-state index in [9.17, 15) is 8.42 Å². The van der Waals surface area contributed by atoms with Crippen LogP contribution in [0.25, 0.3) is 21.3 Å². The van der Waals surface area contributed by atoms with Crippen molar-refractivity contribution in [3.63, 3.8) is 0 Å². The molecule has 4 rings (SSSR count). The van der Waals surface area contributed by atoms with E-state index in [2.05, 4.69) is 27.7 Å². The van der Waals surface area contributed by atoms with Crippen LogP contribution in [0.5, 0.6) is 0 Å². The Bertz CT molecular complexity index is 1370.